The van der Waals surface area contributed by atoms with Crippen molar-refractivity contribution in [1.29, 1.82) is 0 Å². The predicted octanol–water partition coefficient (Wildman–Crippen LogP) is 4.56. The van der Waals surface area contributed by atoms with Crippen molar-refractivity contribution in [3.8, 4) is 0 Å². The van der Waals surface area contributed by atoms with Gasteiger partial charge in [0.05, 0.1) is 10.7 Å². The van der Waals surface area contributed by atoms with E-state index in [0.717, 1.165) is 6.42 Å². The highest BCUT2D eigenvalue weighted by Gasteiger charge is 2.10. The molecule has 0 heterocycles. The second-order valence-electron chi connectivity index (χ2n) is 6.00. The van der Waals surface area contributed by atoms with E-state index >= 15 is 0 Å². The molecule has 0 fully saturated rings. The Morgan fingerprint density at radius 3 is 2.00 bits per heavy atom. The zero-order chi connectivity index (χ0) is 19.1. The van der Waals surface area contributed by atoms with Crippen molar-refractivity contribution in [3.63, 3.8) is 0 Å². The molecule has 2 N–H and O–H groups in total. The lowest BCUT2D eigenvalue weighted by Gasteiger charge is -2.08. The Labute approximate surface area is 163 Å². The zero-order valence-electron chi connectivity index (χ0n) is 14.6. The lowest BCUT2D eigenvalue weighted by atomic mass is 10.1. The minimum Gasteiger partial charge on any atom is -0.352 e. The number of halogens is 1. The Balaban J connectivity index is 1.55. The Hall–Kier alpha value is -3.11. The number of carbonyl (C=O) groups is 2. The van der Waals surface area contributed by atoms with Gasteiger partial charge >= 0.3 is 0 Å². The van der Waals surface area contributed by atoms with E-state index in [4.69, 9.17) is 11.6 Å². The van der Waals surface area contributed by atoms with Crippen LogP contribution in [0.25, 0.3) is 0 Å². The first-order valence-corrected chi connectivity index (χ1v) is 8.99. The molecule has 0 saturated carbocycles. The summed E-state index contributed by atoms with van der Waals surface area (Å²) >= 11 is 6.05. The van der Waals surface area contributed by atoms with Crippen LogP contribution in [0.2, 0.25) is 5.02 Å². The summed E-state index contributed by atoms with van der Waals surface area (Å²) in [5.74, 6) is -0.442. The smallest absolute Gasteiger partial charge is 0.255 e. The van der Waals surface area contributed by atoms with Crippen molar-refractivity contribution < 1.29 is 9.59 Å². The van der Waals surface area contributed by atoms with Crippen LogP contribution in [0, 0.1) is 0 Å². The van der Waals surface area contributed by atoms with Gasteiger partial charge in [0.2, 0.25) is 0 Å². The van der Waals surface area contributed by atoms with Crippen LogP contribution in [-0.4, -0.2) is 18.4 Å². The molecular weight excluding hydrogens is 360 g/mol. The molecule has 0 aliphatic rings. The van der Waals surface area contributed by atoms with Crippen LogP contribution in [0.1, 0.15) is 26.3 Å². The van der Waals surface area contributed by atoms with Crippen molar-refractivity contribution in [1.82, 2.24) is 5.32 Å². The molecule has 0 atom stereocenters. The average molecular weight is 379 g/mol. The first kappa shape index (κ1) is 18.7. The Morgan fingerprint density at radius 2 is 1.33 bits per heavy atom. The molecule has 2 amide bonds. The summed E-state index contributed by atoms with van der Waals surface area (Å²) in [6, 6.07) is 23.5. The van der Waals surface area contributed by atoms with Gasteiger partial charge in [0, 0.05) is 17.7 Å². The first-order valence-electron chi connectivity index (χ1n) is 8.61. The minimum absolute atomic E-state index is 0.163. The number of hydrogen-bond acceptors (Lipinski definition) is 2. The third-order valence-corrected chi connectivity index (χ3v) is 4.40. The molecule has 0 aliphatic heterocycles. The van der Waals surface area contributed by atoms with E-state index in [1.807, 2.05) is 30.3 Å². The number of hydrogen-bond donors (Lipinski definition) is 2. The molecule has 4 nitrogen and oxygen atoms in total. The molecule has 0 spiro atoms. The fourth-order valence-corrected chi connectivity index (χ4v) is 2.78. The SMILES string of the molecule is O=C(NCCc1ccccc1)c1ccc(C(=O)Nc2ccccc2Cl)cc1. The molecular formula is C22H19ClN2O2. The number of rotatable bonds is 6. The van der Waals surface area contributed by atoms with Gasteiger partial charge in [-0.2, -0.15) is 0 Å². The molecule has 0 aromatic heterocycles. The van der Waals surface area contributed by atoms with Gasteiger partial charge in [-0.05, 0) is 48.4 Å². The van der Waals surface area contributed by atoms with Crippen LogP contribution in [0.3, 0.4) is 0 Å². The second kappa shape index (κ2) is 9.01. The quantitative estimate of drug-likeness (QED) is 0.660. The van der Waals surface area contributed by atoms with Gasteiger partial charge < -0.3 is 10.6 Å². The van der Waals surface area contributed by atoms with Gasteiger partial charge in [-0.15, -0.1) is 0 Å². The number of carbonyl (C=O) groups excluding carboxylic acids is 2. The number of benzene rings is 3. The van der Waals surface area contributed by atoms with Gasteiger partial charge in [-0.1, -0.05) is 54.1 Å². The molecule has 0 unspecified atom stereocenters. The maximum absolute atomic E-state index is 12.3. The molecule has 3 aromatic carbocycles. The maximum atomic E-state index is 12.3. The lowest BCUT2D eigenvalue weighted by Crippen LogP contribution is -2.25. The number of anilines is 1. The van der Waals surface area contributed by atoms with E-state index in [2.05, 4.69) is 10.6 Å². The van der Waals surface area contributed by atoms with Crippen molar-refractivity contribution in [2.45, 2.75) is 6.42 Å². The summed E-state index contributed by atoms with van der Waals surface area (Å²) in [6.07, 6.45) is 0.769. The van der Waals surface area contributed by atoms with Crippen LogP contribution in [0.4, 0.5) is 5.69 Å². The van der Waals surface area contributed by atoms with E-state index in [1.165, 1.54) is 5.56 Å². The van der Waals surface area contributed by atoms with Crippen LogP contribution in [0.5, 0.6) is 0 Å². The number of para-hydroxylation sites is 1. The molecule has 0 radical (unpaired) electrons. The normalized spacial score (nSPS) is 10.3. The summed E-state index contributed by atoms with van der Waals surface area (Å²) < 4.78 is 0. The van der Waals surface area contributed by atoms with Gasteiger partial charge in [0.1, 0.15) is 0 Å². The molecule has 0 aliphatic carbocycles. The Bertz CT molecular complexity index is 925. The highest BCUT2D eigenvalue weighted by molar-refractivity contribution is 6.33. The summed E-state index contributed by atoms with van der Waals surface area (Å²) in [6.45, 7) is 0.553. The van der Waals surface area contributed by atoms with Crippen molar-refractivity contribution in [2.75, 3.05) is 11.9 Å². The Kier molecular flexibility index (Phi) is 6.23. The monoisotopic (exact) mass is 378 g/mol. The van der Waals surface area contributed by atoms with Crippen LogP contribution >= 0.6 is 11.6 Å². The van der Waals surface area contributed by atoms with Crippen LogP contribution in [0.15, 0.2) is 78.9 Å². The standard InChI is InChI=1S/C22H19ClN2O2/c23-19-8-4-5-9-20(19)25-22(27)18-12-10-17(11-13-18)21(26)24-15-14-16-6-2-1-3-7-16/h1-13H,14-15H2,(H,24,26)(H,25,27). The number of amides is 2. The van der Waals surface area contributed by atoms with Gasteiger partial charge in [-0.25, -0.2) is 0 Å². The molecule has 3 aromatic rings. The van der Waals surface area contributed by atoms with Crippen molar-refractivity contribution in [2.24, 2.45) is 0 Å². The van der Waals surface area contributed by atoms with E-state index < -0.39 is 0 Å². The second-order valence-corrected chi connectivity index (χ2v) is 6.41. The topological polar surface area (TPSA) is 58.2 Å². The predicted molar refractivity (Wildman–Crippen MR) is 108 cm³/mol. The van der Waals surface area contributed by atoms with E-state index in [9.17, 15) is 9.59 Å². The Morgan fingerprint density at radius 1 is 0.741 bits per heavy atom. The van der Waals surface area contributed by atoms with E-state index in [1.54, 1.807) is 48.5 Å². The summed E-state index contributed by atoms with van der Waals surface area (Å²) in [7, 11) is 0. The molecule has 5 heteroatoms. The third-order valence-electron chi connectivity index (χ3n) is 4.07. The summed E-state index contributed by atoms with van der Waals surface area (Å²) in [5.41, 5.74) is 2.68. The molecule has 0 bridgehead atoms. The van der Waals surface area contributed by atoms with Crippen LogP contribution < -0.4 is 10.6 Å². The maximum Gasteiger partial charge on any atom is 0.255 e. The first-order chi connectivity index (χ1) is 13.1. The largest absolute Gasteiger partial charge is 0.352 e. The number of nitrogens with one attached hydrogen (secondary N) is 2. The molecule has 3 rings (SSSR count). The van der Waals surface area contributed by atoms with Crippen molar-refractivity contribution in [3.05, 3.63) is 101 Å². The van der Waals surface area contributed by atoms with Gasteiger partial charge in [-0.3, -0.25) is 9.59 Å². The lowest BCUT2D eigenvalue weighted by molar-refractivity contribution is 0.0952. The molecule has 0 saturated heterocycles. The minimum atomic E-state index is -0.279. The van der Waals surface area contributed by atoms with Gasteiger partial charge in [0.25, 0.3) is 11.8 Å². The highest BCUT2D eigenvalue weighted by atomic mass is 35.5. The summed E-state index contributed by atoms with van der Waals surface area (Å²) in [4.78, 5) is 24.5. The average Bonchev–Trinajstić information content (AvgIpc) is 2.70. The van der Waals surface area contributed by atoms with Gasteiger partial charge in [0.15, 0.2) is 0 Å². The molecule has 27 heavy (non-hydrogen) atoms. The fourth-order valence-electron chi connectivity index (χ4n) is 2.60. The zero-order valence-corrected chi connectivity index (χ0v) is 15.4. The molecule has 136 valence electrons. The highest BCUT2D eigenvalue weighted by Crippen LogP contribution is 2.21. The van der Waals surface area contributed by atoms with E-state index in [-0.39, 0.29) is 11.8 Å². The fraction of sp³-hybridized carbons (Fsp3) is 0.0909. The van der Waals surface area contributed by atoms with Crippen LogP contribution in [-0.2, 0) is 6.42 Å². The van der Waals surface area contributed by atoms with Crippen molar-refractivity contribution >= 4 is 29.1 Å². The summed E-state index contributed by atoms with van der Waals surface area (Å²) in [5, 5.41) is 6.12. The third kappa shape index (κ3) is 5.19. The van der Waals surface area contributed by atoms with E-state index in [0.29, 0.717) is 28.4 Å².